The molecule has 3 rings (SSSR count). The van der Waals surface area contributed by atoms with Crippen molar-refractivity contribution in [2.24, 2.45) is 5.92 Å². The van der Waals surface area contributed by atoms with Gasteiger partial charge in [0.15, 0.2) is 11.6 Å². The molecule has 2 N–H and O–H groups in total. The molecular weight excluding hydrogens is 399 g/mol. The Labute approximate surface area is 174 Å². The van der Waals surface area contributed by atoms with E-state index in [-0.39, 0.29) is 30.4 Å². The van der Waals surface area contributed by atoms with E-state index in [1.165, 1.54) is 0 Å². The molecule has 0 saturated carbocycles. The number of nitrogens with zero attached hydrogens (tertiary/aromatic N) is 1. The van der Waals surface area contributed by atoms with Crippen LogP contribution in [-0.4, -0.2) is 54.2 Å². The predicted molar refractivity (Wildman–Crippen MR) is 104 cm³/mol. The fraction of sp³-hybridized carbons (Fsp3) is 0.619. The zero-order chi connectivity index (χ0) is 22.1. The highest BCUT2D eigenvalue weighted by Gasteiger charge is 2.40. The first kappa shape index (κ1) is 22.4. The molecule has 2 amide bonds. The number of halogens is 3. The molecule has 2 aliphatic heterocycles. The third-order valence-corrected chi connectivity index (χ3v) is 5.46. The number of fused-ring (bicyclic) bond motifs is 1. The average Bonchev–Trinajstić information content (AvgIpc) is 3.21. The molecule has 9 heteroatoms. The Kier molecular flexibility index (Phi) is 6.59. The topological polar surface area (TPSA) is 70.7 Å². The number of carbonyl (C=O) groups excluding carboxylic acids is 2. The Morgan fingerprint density at radius 1 is 1.20 bits per heavy atom. The van der Waals surface area contributed by atoms with Crippen LogP contribution in [0.15, 0.2) is 12.1 Å². The average molecular weight is 427 g/mol. The predicted octanol–water partition coefficient (Wildman–Crippen LogP) is 2.75. The summed E-state index contributed by atoms with van der Waals surface area (Å²) in [5, 5.41) is 5.86. The highest BCUT2D eigenvalue weighted by molar-refractivity contribution is 5.78. The van der Waals surface area contributed by atoms with Crippen LogP contribution in [-0.2, 0) is 16.0 Å². The van der Waals surface area contributed by atoms with Crippen LogP contribution >= 0.6 is 0 Å². The number of hydrogen-bond acceptors (Lipinski definition) is 4. The molecule has 0 aliphatic carbocycles. The van der Waals surface area contributed by atoms with Gasteiger partial charge in [0, 0.05) is 44.2 Å². The molecule has 6 nitrogen and oxygen atoms in total. The van der Waals surface area contributed by atoms with Crippen LogP contribution in [0, 0.1) is 23.4 Å². The van der Waals surface area contributed by atoms with Gasteiger partial charge in [0.2, 0.25) is 5.91 Å². The van der Waals surface area contributed by atoms with Gasteiger partial charge in [0.1, 0.15) is 11.4 Å². The van der Waals surface area contributed by atoms with Gasteiger partial charge in [0.25, 0.3) is 0 Å². The van der Waals surface area contributed by atoms with Crippen molar-refractivity contribution in [1.82, 2.24) is 15.5 Å². The van der Waals surface area contributed by atoms with Crippen molar-refractivity contribution in [3.63, 3.8) is 0 Å². The Morgan fingerprint density at radius 2 is 1.90 bits per heavy atom. The van der Waals surface area contributed by atoms with E-state index < -0.39 is 35.2 Å². The summed E-state index contributed by atoms with van der Waals surface area (Å²) in [5.41, 5.74) is -0.881. The smallest absolute Gasteiger partial charge is 0.407 e. The summed E-state index contributed by atoms with van der Waals surface area (Å²) < 4.78 is 46.3. The number of benzene rings is 1. The van der Waals surface area contributed by atoms with Crippen molar-refractivity contribution in [1.29, 1.82) is 0 Å². The highest BCUT2D eigenvalue weighted by Crippen LogP contribution is 2.28. The summed E-state index contributed by atoms with van der Waals surface area (Å²) in [7, 11) is 0. The van der Waals surface area contributed by atoms with Crippen molar-refractivity contribution in [3.8, 4) is 0 Å². The van der Waals surface area contributed by atoms with Crippen molar-refractivity contribution in [2.75, 3.05) is 19.6 Å². The van der Waals surface area contributed by atoms with Crippen molar-refractivity contribution in [2.45, 2.75) is 57.7 Å². The Bertz CT molecular complexity index is 813. The fourth-order valence-electron chi connectivity index (χ4n) is 4.12. The molecule has 30 heavy (non-hydrogen) atoms. The number of alkyl carbamates (subject to hydrolysis) is 1. The van der Waals surface area contributed by atoms with Gasteiger partial charge in [-0.1, -0.05) is 0 Å². The molecule has 0 spiro atoms. The molecule has 0 bridgehead atoms. The molecule has 166 valence electrons. The van der Waals surface area contributed by atoms with Crippen LogP contribution in [0.1, 0.15) is 39.2 Å². The Morgan fingerprint density at radius 3 is 2.60 bits per heavy atom. The first-order chi connectivity index (χ1) is 14.0. The van der Waals surface area contributed by atoms with Crippen molar-refractivity contribution >= 4 is 12.0 Å². The standard InChI is InChI=1S/C21H28F3N3O3/c1-21(2,3)30-20(29)26-14(6-13-7-16(23)17(24)9-15(13)22)8-19(28)27-5-4-12-10-25-11-18(12)27/h7,9,12,14,18,25H,4-6,8,10-11H2,1-3H3,(H,26,29)/t12-,14+,18+/m0/s1. The fourth-order valence-corrected chi connectivity index (χ4v) is 4.12. The lowest BCUT2D eigenvalue weighted by molar-refractivity contribution is -0.132. The molecule has 0 radical (unpaired) electrons. The van der Waals surface area contributed by atoms with Crippen LogP contribution in [0.2, 0.25) is 0 Å². The number of likely N-dealkylation sites (tertiary alicyclic amines) is 1. The van der Waals surface area contributed by atoms with Crippen LogP contribution in [0.3, 0.4) is 0 Å². The summed E-state index contributed by atoms with van der Waals surface area (Å²) >= 11 is 0. The maximum atomic E-state index is 14.2. The number of carbonyl (C=O) groups is 2. The third-order valence-electron chi connectivity index (χ3n) is 5.46. The van der Waals surface area contributed by atoms with Crippen molar-refractivity contribution < 1.29 is 27.5 Å². The molecule has 2 fully saturated rings. The van der Waals surface area contributed by atoms with Gasteiger partial charge in [-0.05, 0) is 51.2 Å². The van der Waals surface area contributed by atoms with Crippen LogP contribution < -0.4 is 10.6 Å². The van der Waals surface area contributed by atoms with Gasteiger partial charge in [-0.15, -0.1) is 0 Å². The molecule has 2 heterocycles. The highest BCUT2D eigenvalue weighted by atomic mass is 19.2. The van der Waals surface area contributed by atoms with E-state index in [9.17, 15) is 22.8 Å². The molecule has 2 aliphatic rings. The van der Waals surface area contributed by atoms with E-state index in [4.69, 9.17) is 4.74 Å². The molecule has 0 unspecified atom stereocenters. The Balaban J connectivity index is 1.74. The quantitative estimate of drug-likeness (QED) is 0.709. The second kappa shape index (κ2) is 8.83. The number of ether oxygens (including phenoxy) is 1. The van der Waals surface area contributed by atoms with Gasteiger partial charge >= 0.3 is 6.09 Å². The summed E-state index contributed by atoms with van der Waals surface area (Å²) in [6.45, 7) is 7.30. The third kappa shape index (κ3) is 5.44. The van der Waals surface area contributed by atoms with Crippen LogP contribution in [0.25, 0.3) is 0 Å². The summed E-state index contributed by atoms with van der Waals surface area (Å²) in [5.74, 6) is -3.17. The summed E-state index contributed by atoms with van der Waals surface area (Å²) in [4.78, 5) is 27.0. The molecular formula is C21H28F3N3O3. The zero-order valence-electron chi connectivity index (χ0n) is 17.4. The van der Waals surface area contributed by atoms with Gasteiger partial charge in [-0.2, -0.15) is 0 Å². The number of amides is 2. The van der Waals surface area contributed by atoms with Gasteiger partial charge in [-0.3, -0.25) is 4.79 Å². The normalized spacial score (nSPS) is 22.0. The molecule has 1 aromatic rings. The lowest BCUT2D eigenvalue weighted by atomic mass is 10.0. The van der Waals surface area contributed by atoms with E-state index in [0.717, 1.165) is 25.6 Å². The number of rotatable bonds is 5. The monoisotopic (exact) mass is 427 g/mol. The maximum absolute atomic E-state index is 14.2. The van der Waals surface area contributed by atoms with E-state index >= 15 is 0 Å². The molecule has 0 aromatic heterocycles. The van der Waals surface area contributed by atoms with Crippen LogP contribution in [0.4, 0.5) is 18.0 Å². The summed E-state index contributed by atoms with van der Waals surface area (Å²) in [6.07, 6.45) is -0.120. The van der Waals surface area contributed by atoms with E-state index in [1.807, 2.05) is 0 Å². The van der Waals surface area contributed by atoms with E-state index in [0.29, 0.717) is 18.5 Å². The minimum Gasteiger partial charge on any atom is -0.444 e. The SMILES string of the molecule is CC(C)(C)OC(=O)N[C@@H](CC(=O)N1CC[C@H]2CNC[C@H]21)Cc1cc(F)c(F)cc1F. The van der Waals surface area contributed by atoms with E-state index in [1.54, 1.807) is 25.7 Å². The first-order valence-electron chi connectivity index (χ1n) is 10.2. The lowest BCUT2D eigenvalue weighted by Gasteiger charge is -2.27. The largest absolute Gasteiger partial charge is 0.444 e. The van der Waals surface area contributed by atoms with Crippen molar-refractivity contribution in [3.05, 3.63) is 35.1 Å². The van der Waals surface area contributed by atoms with Crippen LogP contribution in [0.5, 0.6) is 0 Å². The summed E-state index contributed by atoms with van der Waals surface area (Å²) in [6, 6.07) is 0.498. The second-order valence-electron chi connectivity index (χ2n) is 8.97. The lowest BCUT2D eigenvalue weighted by Crippen LogP contribution is -2.46. The minimum absolute atomic E-state index is 0.0963. The number of hydrogen-bond donors (Lipinski definition) is 2. The number of nitrogens with one attached hydrogen (secondary N) is 2. The molecule has 2 saturated heterocycles. The molecule has 3 atom stereocenters. The molecule has 1 aromatic carbocycles. The van der Waals surface area contributed by atoms with Gasteiger partial charge in [0.05, 0.1) is 0 Å². The van der Waals surface area contributed by atoms with E-state index in [2.05, 4.69) is 10.6 Å². The second-order valence-corrected chi connectivity index (χ2v) is 8.97. The zero-order valence-corrected chi connectivity index (χ0v) is 17.4. The first-order valence-corrected chi connectivity index (χ1v) is 10.2. The minimum atomic E-state index is -1.29. The van der Waals surface area contributed by atoms with Gasteiger partial charge in [-0.25, -0.2) is 18.0 Å². The van der Waals surface area contributed by atoms with Gasteiger partial charge < -0.3 is 20.3 Å². The maximum Gasteiger partial charge on any atom is 0.407 e. The Hall–Kier alpha value is -2.29.